The van der Waals surface area contributed by atoms with E-state index in [1.165, 1.54) is 32.1 Å². The van der Waals surface area contributed by atoms with Gasteiger partial charge in [0.05, 0.1) is 0 Å². The van der Waals surface area contributed by atoms with Crippen molar-refractivity contribution < 1.29 is 5.11 Å². The molecule has 0 aromatic carbocycles. The Morgan fingerprint density at radius 1 is 1.36 bits per heavy atom. The Morgan fingerprint density at radius 2 is 2.07 bits per heavy atom. The van der Waals surface area contributed by atoms with E-state index in [1.807, 2.05) is 0 Å². The molecule has 82 valence electrons. The van der Waals surface area contributed by atoms with Crippen LogP contribution >= 0.6 is 0 Å². The van der Waals surface area contributed by atoms with E-state index in [2.05, 4.69) is 20.8 Å². The van der Waals surface area contributed by atoms with E-state index in [0.717, 1.165) is 5.92 Å². The maximum absolute atomic E-state index is 9.42. The van der Waals surface area contributed by atoms with E-state index >= 15 is 0 Å². The van der Waals surface area contributed by atoms with Crippen molar-refractivity contribution in [2.75, 3.05) is 6.61 Å². The van der Waals surface area contributed by atoms with Gasteiger partial charge in [0.1, 0.15) is 0 Å². The molecule has 3 unspecified atom stereocenters. The Bertz CT molecular complexity index is 221. The highest BCUT2D eigenvalue weighted by Gasteiger charge is 2.70. The van der Waals surface area contributed by atoms with Gasteiger partial charge in [-0.15, -0.1) is 0 Å². The van der Waals surface area contributed by atoms with Crippen LogP contribution < -0.4 is 0 Å². The number of hydrogen-bond donors (Lipinski definition) is 1. The standard InChI is InChI=1S/C13H24O/c1-4-10-6-5-7-13(8-10)11(9-14)12(13,2)3/h10-11,14H,4-9H2,1-3H3. The molecular weight excluding hydrogens is 172 g/mol. The van der Waals surface area contributed by atoms with Gasteiger partial charge < -0.3 is 5.11 Å². The van der Waals surface area contributed by atoms with Gasteiger partial charge in [-0.25, -0.2) is 0 Å². The quantitative estimate of drug-likeness (QED) is 0.719. The smallest absolute Gasteiger partial charge is 0.0470 e. The van der Waals surface area contributed by atoms with Gasteiger partial charge in [0.25, 0.3) is 0 Å². The summed E-state index contributed by atoms with van der Waals surface area (Å²) in [7, 11) is 0. The number of aliphatic hydroxyl groups excluding tert-OH is 1. The normalized spacial score (nSPS) is 45.4. The van der Waals surface area contributed by atoms with Crippen LogP contribution in [0.3, 0.4) is 0 Å². The molecule has 1 spiro atoms. The Morgan fingerprint density at radius 3 is 2.57 bits per heavy atom. The molecule has 0 bridgehead atoms. The van der Waals surface area contributed by atoms with Crippen LogP contribution in [0.25, 0.3) is 0 Å². The third-order valence-corrected chi connectivity index (χ3v) is 5.39. The fourth-order valence-electron chi connectivity index (χ4n) is 4.14. The lowest BCUT2D eigenvalue weighted by Gasteiger charge is -2.31. The lowest BCUT2D eigenvalue weighted by molar-refractivity contribution is 0.177. The SMILES string of the molecule is CCC1CCCC2(C1)C(CO)C2(C)C. The van der Waals surface area contributed by atoms with E-state index in [4.69, 9.17) is 0 Å². The van der Waals surface area contributed by atoms with Crippen molar-refractivity contribution in [2.45, 2.75) is 52.9 Å². The van der Waals surface area contributed by atoms with Crippen molar-refractivity contribution >= 4 is 0 Å². The van der Waals surface area contributed by atoms with Gasteiger partial charge in [-0.1, -0.05) is 40.0 Å². The molecule has 1 nitrogen and oxygen atoms in total. The second kappa shape index (κ2) is 3.23. The van der Waals surface area contributed by atoms with E-state index in [-0.39, 0.29) is 0 Å². The summed E-state index contributed by atoms with van der Waals surface area (Å²) in [4.78, 5) is 0. The number of rotatable bonds is 2. The molecule has 0 aromatic heterocycles. The molecule has 14 heavy (non-hydrogen) atoms. The summed E-state index contributed by atoms with van der Waals surface area (Å²) in [6.07, 6.45) is 6.88. The summed E-state index contributed by atoms with van der Waals surface area (Å²) in [5.41, 5.74) is 0.927. The zero-order valence-corrected chi connectivity index (χ0v) is 9.84. The summed E-state index contributed by atoms with van der Waals surface area (Å²) in [6.45, 7) is 7.42. The summed E-state index contributed by atoms with van der Waals surface area (Å²) in [6, 6.07) is 0. The molecule has 3 atom stereocenters. The third-order valence-electron chi connectivity index (χ3n) is 5.39. The number of hydrogen-bond acceptors (Lipinski definition) is 1. The largest absolute Gasteiger partial charge is 0.396 e. The van der Waals surface area contributed by atoms with Crippen LogP contribution in [0.4, 0.5) is 0 Å². The van der Waals surface area contributed by atoms with E-state index < -0.39 is 0 Å². The van der Waals surface area contributed by atoms with Gasteiger partial charge in [0, 0.05) is 6.61 Å². The first-order valence-corrected chi connectivity index (χ1v) is 6.19. The molecule has 0 saturated heterocycles. The van der Waals surface area contributed by atoms with E-state index in [0.29, 0.717) is 23.4 Å². The molecule has 0 aromatic rings. The summed E-state index contributed by atoms with van der Waals surface area (Å²) in [5.74, 6) is 1.52. The fourth-order valence-corrected chi connectivity index (χ4v) is 4.14. The molecule has 0 heterocycles. The molecule has 1 N–H and O–H groups in total. The summed E-state index contributed by atoms with van der Waals surface area (Å²) in [5, 5.41) is 9.42. The van der Waals surface area contributed by atoms with Gasteiger partial charge in [-0.3, -0.25) is 0 Å². The fraction of sp³-hybridized carbons (Fsp3) is 1.00. The van der Waals surface area contributed by atoms with E-state index in [1.54, 1.807) is 0 Å². The van der Waals surface area contributed by atoms with Crippen LogP contribution in [0, 0.1) is 22.7 Å². The van der Waals surface area contributed by atoms with Gasteiger partial charge in [-0.2, -0.15) is 0 Å². The first kappa shape index (κ1) is 10.5. The molecule has 2 fully saturated rings. The van der Waals surface area contributed by atoms with Gasteiger partial charge in [-0.05, 0) is 35.5 Å². The molecule has 2 rings (SSSR count). The van der Waals surface area contributed by atoms with Crippen LogP contribution in [0.5, 0.6) is 0 Å². The maximum atomic E-state index is 9.42. The second-order valence-electron chi connectivity index (χ2n) is 5.98. The predicted molar refractivity (Wildman–Crippen MR) is 59.0 cm³/mol. The van der Waals surface area contributed by atoms with Crippen LogP contribution in [0.2, 0.25) is 0 Å². The van der Waals surface area contributed by atoms with Gasteiger partial charge in [0.15, 0.2) is 0 Å². The molecule has 2 saturated carbocycles. The minimum absolute atomic E-state index is 0.406. The number of aliphatic hydroxyl groups is 1. The highest BCUT2D eigenvalue weighted by Crippen LogP contribution is 2.75. The minimum Gasteiger partial charge on any atom is -0.396 e. The highest BCUT2D eigenvalue weighted by atomic mass is 16.3. The zero-order chi connectivity index (χ0) is 10.4. The molecule has 0 radical (unpaired) electrons. The molecular formula is C13H24O. The first-order valence-electron chi connectivity index (χ1n) is 6.19. The molecule has 1 heteroatoms. The lowest BCUT2D eigenvalue weighted by Crippen LogP contribution is -2.21. The average Bonchev–Trinajstić information content (AvgIpc) is 2.61. The Hall–Kier alpha value is -0.0400. The Kier molecular flexibility index (Phi) is 2.42. The van der Waals surface area contributed by atoms with Crippen molar-refractivity contribution in [3.05, 3.63) is 0 Å². The van der Waals surface area contributed by atoms with Crippen LogP contribution in [-0.2, 0) is 0 Å². The average molecular weight is 196 g/mol. The summed E-state index contributed by atoms with van der Waals surface area (Å²) < 4.78 is 0. The molecule has 0 aliphatic heterocycles. The van der Waals surface area contributed by atoms with Gasteiger partial charge >= 0.3 is 0 Å². The van der Waals surface area contributed by atoms with Crippen LogP contribution in [0.1, 0.15) is 52.9 Å². The Balaban J connectivity index is 2.10. The van der Waals surface area contributed by atoms with Crippen LogP contribution in [-0.4, -0.2) is 11.7 Å². The molecule has 2 aliphatic carbocycles. The predicted octanol–water partition coefficient (Wildman–Crippen LogP) is 3.22. The van der Waals surface area contributed by atoms with Crippen molar-refractivity contribution in [1.82, 2.24) is 0 Å². The van der Waals surface area contributed by atoms with Crippen molar-refractivity contribution in [3.8, 4) is 0 Å². The van der Waals surface area contributed by atoms with E-state index in [9.17, 15) is 5.11 Å². The molecule has 0 amide bonds. The second-order valence-corrected chi connectivity index (χ2v) is 5.98. The zero-order valence-electron chi connectivity index (χ0n) is 9.84. The van der Waals surface area contributed by atoms with Crippen molar-refractivity contribution in [3.63, 3.8) is 0 Å². The van der Waals surface area contributed by atoms with Gasteiger partial charge in [0.2, 0.25) is 0 Å². The van der Waals surface area contributed by atoms with Crippen LogP contribution in [0.15, 0.2) is 0 Å². The lowest BCUT2D eigenvalue weighted by atomic mass is 9.74. The highest BCUT2D eigenvalue weighted by molar-refractivity contribution is 5.18. The third kappa shape index (κ3) is 1.18. The maximum Gasteiger partial charge on any atom is 0.0470 e. The summed E-state index contributed by atoms with van der Waals surface area (Å²) >= 11 is 0. The monoisotopic (exact) mass is 196 g/mol. The topological polar surface area (TPSA) is 20.2 Å². The minimum atomic E-state index is 0.406. The van der Waals surface area contributed by atoms with Crippen molar-refractivity contribution in [2.24, 2.45) is 22.7 Å². The first-order chi connectivity index (χ1) is 6.58. The molecule has 2 aliphatic rings. The Labute approximate surface area is 87.9 Å². The van der Waals surface area contributed by atoms with Crippen molar-refractivity contribution in [1.29, 1.82) is 0 Å².